The number of hydrogen-bond acceptors (Lipinski definition) is 6. The number of rotatable bonds is 5. The first kappa shape index (κ1) is 24.3. The molecule has 4 aromatic rings. The third-order valence-electron chi connectivity index (χ3n) is 6.74. The van der Waals surface area contributed by atoms with Crippen molar-refractivity contribution in [2.75, 3.05) is 13.1 Å². The SMILES string of the molecule is Cn1nc(-c2ccnc(C(C)(C)O)n2)c2cc(C(=O)N3CCC(Cc4ccccn4)CC3)c(Cl)cc21. The first-order valence-corrected chi connectivity index (χ1v) is 12.5. The minimum atomic E-state index is -1.19. The smallest absolute Gasteiger partial charge is 0.255 e. The van der Waals surface area contributed by atoms with Gasteiger partial charge in [-0.25, -0.2) is 9.97 Å². The maximum Gasteiger partial charge on any atom is 0.255 e. The van der Waals surface area contributed by atoms with E-state index in [1.54, 1.807) is 36.9 Å². The van der Waals surface area contributed by atoms with Crippen LogP contribution in [0.2, 0.25) is 5.02 Å². The van der Waals surface area contributed by atoms with Gasteiger partial charge < -0.3 is 10.0 Å². The highest BCUT2D eigenvalue weighted by atomic mass is 35.5. The summed E-state index contributed by atoms with van der Waals surface area (Å²) in [6, 6.07) is 11.3. The molecule has 5 rings (SSSR count). The van der Waals surface area contributed by atoms with Crippen LogP contribution >= 0.6 is 11.6 Å². The average molecular weight is 505 g/mol. The molecule has 186 valence electrons. The summed E-state index contributed by atoms with van der Waals surface area (Å²) in [5.41, 5.74) is 2.34. The summed E-state index contributed by atoms with van der Waals surface area (Å²) < 4.78 is 1.72. The number of aryl methyl sites for hydroxylation is 1. The van der Waals surface area contributed by atoms with E-state index in [9.17, 15) is 9.90 Å². The Morgan fingerprint density at radius 3 is 2.61 bits per heavy atom. The summed E-state index contributed by atoms with van der Waals surface area (Å²) in [7, 11) is 1.83. The molecule has 1 aliphatic heterocycles. The number of halogens is 1. The van der Waals surface area contributed by atoms with Crippen LogP contribution < -0.4 is 0 Å². The molecule has 1 fully saturated rings. The van der Waals surface area contributed by atoms with Crippen molar-refractivity contribution in [3.8, 4) is 11.4 Å². The van der Waals surface area contributed by atoms with Gasteiger partial charge in [0, 0.05) is 43.6 Å². The number of nitrogens with zero attached hydrogens (tertiary/aromatic N) is 6. The summed E-state index contributed by atoms with van der Waals surface area (Å²) in [6.07, 6.45) is 6.22. The molecular formula is C27H29ClN6O2. The molecule has 9 heteroatoms. The Bertz CT molecular complexity index is 1410. The van der Waals surface area contributed by atoms with Crippen molar-refractivity contribution < 1.29 is 9.90 Å². The fourth-order valence-electron chi connectivity index (χ4n) is 4.74. The topological polar surface area (TPSA) is 97.0 Å². The van der Waals surface area contributed by atoms with Gasteiger partial charge in [0.15, 0.2) is 5.82 Å². The van der Waals surface area contributed by atoms with Crippen LogP contribution in [0, 0.1) is 5.92 Å². The second-order valence-corrected chi connectivity index (χ2v) is 10.3. The first-order valence-electron chi connectivity index (χ1n) is 12.1. The van der Waals surface area contributed by atoms with Crippen molar-refractivity contribution in [1.29, 1.82) is 0 Å². The van der Waals surface area contributed by atoms with Crippen molar-refractivity contribution in [1.82, 2.24) is 29.6 Å². The number of aromatic nitrogens is 5. The minimum absolute atomic E-state index is 0.0761. The Balaban J connectivity index is 1.41. The summed E-state index contributed by atoms with van der Waals surface area (Å²) in [4.78, 5) is 28.6. The van der Waals surface area contributed by atoms with E-state index in [4.69, 9.17) is 11.6 Å². The molecule has 0 spiro atoms. The Hall–Kier alpha value is -3.36. The van der Waals surface area contributed by atoms with E-state index in [2.05, 4.69) is 26.1 Å². The van der Waals surface area contributed by atoms with E-state index in [1.807, 2.05) is 36.3 Å². The fourth-order valence-corrected chi connectivity index (χ4v) is 4.98. The Morgan fingerprint density at radius 1 is 1.14 bits per heavy atom. The molecule has 0 saturated carbocycles. The molecule has 1 amide bonds. The maximum atomic E-state index is 13.5. The van der Waals surface area contributed by atoms with Gasteiger partial charge in [0.1, 0.15) is 11.3 Å². The van der Waals surface area contributed by atoms with Gasteiger partial charge in [-0.1, -0.05) is 17.7 Å². The number of benzene rings is 1. The predicted octanol–water partition coefficient (Wildman–Crippen LogP) is 4.40. The molecule has 1 aromatic carbocycles. The van der Waals surface area contributed by atoms with Crippen LogP contribution in [0.5, 0.6) is 0 Å². The lowest BCUT2D eigenvalue weighted by Crippen LogP contribution is -2.39. The van der Waals surface area contributed by atoms with E-state index >= 15 is 0 Å². The van der Waals surface area contributed by atoms with Gasteiger partial charge in [-0.05, 0) is 69.4 Å². The normalized spacial score (nSPS) is 15.0. The lowest BCUT2D eigenvalue weighted by atomic mass is 9.91. The third-order valence-corrected chi connectivity index (χ3v) is 7.05. The number of hydrogen-bond donors (Lipinski definition) is 1. The second kappa shape index (κ2) is 9.59. The number of fused-ring (bicyclic) bond motifs is 1. The highest BCUT2D eigenvalue weighted by Gasteiger charge is 2.27. The van der Waals surface area contributed by atoms with Crippen LogP contribution in [0.1, 0.15) is 48.6 Å². The molecule has 0 bridgehead atoms. The van der Waals surface area contributed by atoms with Crippen LogP contribution in [0.15, 0.2) is 48.8 Å². The zero-order valence-corrected chi connectivity index (χ0v) is 21.4. The quantitative estimate of drug-likeness (QED) is 0.432. The zero-order chi connectivity index (χ0) is 25.4. The average Bonchev–Trinajstić information content (AvgIpc) is 3.19. The lowest BCUT2D eigenvalue weighted by molar-refractivity contribution is 0.0683. The molecule has 0 radical (unpaired) electrons. The maximum absolute atomic E-state index is 13.5. The van der Waals surface area contributed by atoms with Gasteiger partial charge in [0.25, 0.3) is 5.91 Å². The Morgan fingerprint density at radius 2 is 1.92 bits per heavy atom. The molecular weight excluding hydrogens is 476 g/mol. The molecule has 0 unspecified atom stereocenters. The van der Waals surface area contributed by atoms with Crippen LogP contribution in [0.4, 0.5) is 0 Å². The van der Waals surface area contributed by atoms with E-state index in [0.717, 1.165) is 35.9 Å². The highest BCUT2D eigenvalue weighted by molar-refractivity contribution is 6.34. The van der Waals surface area contributed by atoms with Crippen molar-refractivity contribution in [3.05, 3.63) is 70.9 Å². The predicted molar refractivity (Wildman–Crippen MR) is 139 cm³/mol. The number of carbonyl (C=O) groups is 1. The van der Waals surface area contributed by atoms with Gasteiger partial charge in [0.2, 0.25) is 0 Å². The molecule has 3 aromatic heterocycles. The van der Waals surface area contributed by atoms with Gasteiger partial charge >= 0.3 is 0 Å². The molecule has 1 aliphatic rings. The van der Waals surface area contributed by atoms with Crippen molar-refractivity contribution in [2.45, 2.75) is 38.7 Å². The van der Waals surface area contributed by atoms with Crippen LogP contribution in [0.25, 0.3) is 22.3 Å². The Kier molecular flexibility index (Phi) is 6.49. The van der Waals surface area contributed by atoms with E-state index in [1.165, 1.54) is 0 Å². The summed E-state index contributed by atoms with van der Waals surface area (Å²) >= 11 is 6.61. The van der Waals surface area contributed by atoms with Crippen LogP contribution in [0.3, 0.4) is 0 Å². The third kappa shape index (κ3) is 4.83. The monoisotopic (exact) mass is 504 g/mol. The number of amides is 1. The number of carbonyl (C=O) groups excluding carboxylic acids is 1. The van der Waals surface area contributed by atoms with Gasteiger partial charge in [-0.3, -0.25) is 14.5 Å². The van der Waals surface area contributed by atoms with Crippen molar-refractivity contribution in [3.63, 3.8) is 0 Å². The van der Waals surface area contributed by atoms with E-state index in [0.29, 0.717) is 46.8 Å². The molecule has 36 heavy (non-hydrogen) atoms. The summed E-state index contributed by atoms with van der Waals surface area (Å²) in [5, 5.41) is 16.2. The number of piperidine rings is 1. The summed E-state index contributed by atoms with van der Waals surface area (Å²) in [5.74, 6) is 0.736. The van der Waals surface area contributed by atoms with Gasteiger partial charge in [-0.15, -0.1) is 0 Å². The van der Waals surface area contributed by atoms with Crippen LogP contribution in [-0.2, 0) is 19.1 Å². The highest BCUT2D eigenvalue weighted by Crippen LogP contribution is 2.33. The number of likely N-dealkylation sites (tertiary alicyclic amines) is 1. The standard InChI is InChI=1S/C27H29ClN6O2/c1-27(2,36)26-30-11-7-22(31-26)24-20-15-19(21(28)16-23(20)33(3)32-24)25(35)34-12-8-17(9-13-34)14-18-6-4-5-10-29-18/h4-7,10-11,15-17,36H,8-9,12-14H2,1-3H3. The molecule has 1 N–H and O–H groups in total. The van der Waals surface area contributed by atoms with Crippen LogP contribution in [-0.4, -0.2) is 53.7 Å². The second-order valence-electron chi connectivity index (χ2n) is 9.91. The first-order chi connectivity index (χ1) is 17.2. The van der Waals surface area contributed by atoms with Crippen molar-refractivity contribution >= 4 is 28.4 Å². The van der Waals surface area contributed by atoms with Crippen molar-refractivity contribution in [2.24, 2.45) is 13.0 Å². The summed E-state index contributed by atoms with van der Waals surface area (Å²) in [6.45, 7) is 4.65. The fraction of sp³-hybridized carbons (Fsp3) is 0.370. The molecule has 4 heterocycles. The molecule has 0 aliphatic carbocycles. The minimum Gasteiger partial charge on any atom is -0.382 e. The number of pyridine rings is 1. The largest absolute Gasteiger partial charge is 0.382 e. The molecule has 8 nitrogen and oxygen atoms in total. The lowest BCUT2D eigenvalue weighted by Gasteiger charge is -2.32. The van der Waals surface area contributed by atoms with E-state index in [-0.39, 0.29) is 5.91 Å². The van der Waals surface area contributed by atoms with Gasteiger partial charge in [-0.2, -0.15) is 5.10 Å². The Labute approximate surface area is 215 Å². The number of aliphatic hydroxyl groups is 1. The van der Waals surface area contributed by atoms with Gasteiger partial charge in [0.05, 0.1) is 21.8 Å². The molecule has 0 atom stereocenters. The van der Waals surface area contributed by atoms with E-state index < -0.39 is 5.60 Å². The zero-order valence-electron chi connectivity index (χ0n) is 20.6. The molecule has 1 saturated heterocycles.